The van der Waals surface area contributed by atoms with Crippen LogP contribution >= 0.6 is 0 Å². The fourth-order valence-electron chi connectivity index (χ4n) is 1.94. The van der Waals surface area contributed by atoms with Gasteiger partial charge in [-0.2, -0.15) is 0 Å². The number of nitrogens with two attached hydrogens (primary N) is 1. The van der Waals surface area contributed by atoms with Crippen LogP contribution in [0.25, 0.3) is 0 Å². The molecule has 0 aromatic heterocycles. The van der Waals surface area contributed by atoms with Gasteiger partial charge in [-0.15, -0.1) is 0 Å². The first-order valence-corrected chi connectivity index (χ1v) is 7.15. The maximum absolute atomic E-state index is 5.59. The zero-order valence-corrected chi connectivity index (χ0v) is 11.6. The van der Waals surface area contributed by atoms with Crippen LogP contribution in [0, 0.1) is 11.8 Å². The molecule has 0 aliphatic heterocycles. The second-order valence-electron chi connectivity index (χ2n) is 5.10. The molecule has 0 saturated carbocycles. The third-order valence-corrected chi connectivity index (χ3v) is 3.43. The Labute approximate surface area is 102 Å². The molecule has 16 heavy (non-hydrogen) atoms. The standard InChI is InChI=1S/C14H32N2/c1-4-6-9-14(5-2)12-16-10-7-8-13(3)11-15/h13-14,16H,4-12,15H2,1-3H3. The minimum absolute atomic E-state index is 0.684. The Morgan fingerprint density at radius 3 is 2.44 bits per heavy atom. The first-order valence-electron chi connectivity index (χ1n) is 7.15. The van der Waals surface area contributed by atoms with Crippen LogP contribution in [0.2, 0.25) is 0 Å². The lowest BCUT2D eigenvalue weighted by Crippen LogP contribution is -2.24. The fourth-order valence-corrected chi connectivity index (χ4v) is 1.94. The molecule has 2 nitrogen and oxygen atoms in total. The number of nitrogens with one attached hydrogen (secondary N) is 1. The highest BCUT2D eigenvalue weighted by Gasteiger charge is 2.05. The largest absolute Gasteiger partial charge is 0.330 e. The van der Waals surface area contributed by atoms with Crippen molar-refractivity contribution in [3.05, 3.63) is 0 Å². The summed E-state index contributed by atoms with van der Waals surface area (Å²) >= 11 is 0. The molecule has 0 aliphatic carbocycles. The van der Waals surface area contributed by atoms with E-state index in [9.17, 15) is 0 Å². The minimum atomic E-state index is 0.684. The smallest absolute Gasteiger partial charge is 0.00206 e. The summed E-state index contributed by atoms with van der Waals surface area (Å²) in [5, 5.41) is 3.58. The van der Waals surface area contributed by atoms with Crippen LogP contribution in [-0.2, 0) is 0 Å². The summed E-state index contributed by atoms with van der Waals surface area (Å²) < 4.78 is 0. The average molecular weight is 228 g/mol. The summed E-state index contributed by atoms with van der Waals surface area (Å²) in [6.07, 6.45) is 7.93. The summed E-state index contributed by atoms with van der Waals surface area (Å²) in [5.74, 6) is 1.57. The Morgan fingerprint density at radius 2 is 1.88 bits per heavy atom. The molecular formula is C14H32N2. The molecule has 0 aromatic rings. The van der Waals surface area contributed by atoms with Crippen LogP contribution in [0.3, 0.4) is 0 Å². The average Bonchev–Trinajstić information content (AvgIpc) is 2.32. The van der Waals surface area contributed by atoms with Gasteiger partial charge in [-0.05, 0) is 50.7 Å². The van der Waals surface area contributed by atoms with Crippen LogP contribution in [0.1, 0.15) is 59.3 Å². The first kappa shape index (κ1) is 15.9. The SMILES string of the molecule is CCCCC(CC)CNCCCC(C)CN. The summed E-state index contributed by atoms with van der Waals surface area (Å²) in [4.78, 5) is 0. The molecule has 3 N–H and O–H groups in total. The predicted octanol–water partition coefficient (Wildman–Crippen LogP) is 3.17. The maximum Gasteiger partial charge on any atom is -0.00206 e. The van der Waals surface area contributed by atoms with Gasteiger partial charge in [-0.3, -0.25) is 0 Å². The van der Waals surface area contributed by atoms with E-state index in [1.165, 1.54) is 45.1 Å². The van der Waals surface area contributed by atoms with E-state index in [0.717, 1.165) is 19.0 Å². The van der Waals surface area contributed by atoms with E-state index in [-0.39, 0.29) is 0 Å². The molecule has 98 valence electrons. The third kappa shape index (κ3) is 9.17. The molecule has 2 atom stereocenters. The van der Waals surface area contributed by atoms with Gasteiger partial charge in [0, 0.05) is 0 Å². The quantitative estimate of drug-likeness (QED) is 0.533. The Kier molecular flexibility index (Phi) is 11.3. The van der Waals surface area contributed by atoms with E-state index in [0.29, 0.717) is 5.92 Å². The van der Waals surface area contributed by atoms with Crippen molar-refractivity contribution >= 4 is 0 Å². The molecular weight excluding hydrogens is 196 g/mol. The van der Waals surface area contributed by atoms with E-state index in [1.807, 2.05) is 0 Å². The lowest BCUT2D eigenvalue weighted by molar-refractivity contribution is 0.410. The molecule has 0 spiro atoms. The Balaban J connectivity index is 3.33. The van der Waals surface area contributed by atoms with Crippen molar-refractivity contribution in [1.82, 2.24) is 5.32 Å². The molecule has 0 bridgehead atoms. The lowest BCUT2D eigenvalue weighted by Gasteiger charge is -2.15. The van der Waals surface area contributed by atoms with E-state index in [2.05, 4.69) is 26.1 Å². The summed E-state index contributed by atoms with van der Waals surface area (Å²) in [6, 6.07) is 0. The van der Waals surface area contributed by atoms with Gasteiger partial charge in [0.15, 0.2) is 0 Å². The number of rotatable bonds is 11. The molecule has 0 fully saturated rings. The van der Waals surface area contributed by atoms with Crippen LogP contribution < -0.4 is 11.1 Å². The molecule has 0 aliphatic rings. The van der Waals surface area contributed by atoms with Crippen LogP contribution in [0.5, 0.6) is 0 Å². The van der Waals surface area contributed by atoms with Crippen molar-refractivity contribution in [1.29, 1.82) is 0 Å². The van der Waals surface area contributed by atoms with Crippen LogP contribution in [0.4, 0.5) is 0 Å². The van der Waals surface area contributed by atoms with E-state index < -0.39 is 0 Å². The molecule has 0 saturated heterocycles. The Hall–Kier alpha value is -0.0800. The van der Waals surface area contributed by atoms with Gasteiger partial charge in [-0.1, -0.05) is 40.0 Å². The van der Waals surface area contributed by atoms with Gasteiger partial charge >= 0.3 is 0 Å². The first-order chi connectivity index (χ1) is 7.74. The third-order valence-electron chi connectivity index (χ3n) is 3.43. The van der Waals surface area contributed by atoms with Gasteiger partial charge in [0.2, 0.25) is 0 Å². The van der Waals surface area contributed by atoms with Crippen molar-refractivity contribution in [3.8, 4) is 0 Å². The van der Waals surface area contributed by atoms with E-state index in [4.69, 9.17) is 5.73 Å². The van der Waals surface area contributed by atoms with Gasteiger partial charge in [0.25, 0.3) is 0 Å². The molecule has 2 unspecified atom stereocenters. The highest BCUT2D eigenvalue weighted by atomic mass is 14.8. The second kappa shape index (κ2) is 11.4. The normalized spacial score (nSPS) is 15.0. The molecule has 0 rings (SSSR count). The molecule has 2 heteroatoms. The summed E-state index contributed by atoms with van der Waals surface area (Å²) in [5.41, 5.74) is 5.59. The van der Waals surface area contributed by atoms with Gasteiger partial charge < -0.3 is 11.1 Å². The summed E-state index contributed by atoms with van der Waals surface area (Å²) in [6.45, 7) is 10.00. The maximum atomic E-state index is 5.59. The molecule has 0 amide bonds. The Bertz CT molecular complexity index is 137. The lowest BCUT2D eigenvalue weighted by atomic mass is 9.99. The molecule has 0 radical (unpaired) electrons. The van der Waals surface area contributed by atoms with Gasteiger partial charge in [0.1, 0.15) is 0 Å². The fraction of sp³-hybridized carbons (Fsp3) is 1.00. The zero-order chi connectivity index (χ0) is 12.2. The van der Waals surface area contributed by atoms with Crippen LogP contribution in [-0.4, -0.2) is 19.6 Å². The van der Waals surface area contributed by atoms with Gasteiger partial charge in [0.05, 0.1) is 0 Å². The Morgan fingerprint density at radius 1 is 1.12 bits per heavy atom. The number of hydrogen-bond acceptors (Lipinski definition) is 2. The summed E-state index contributed by atoms with van der Waals surface area (Å²) in [7, 11) is 0. The predicted molar refractivity (Wildman–Crippen MR) is 73.6 cm³/mol. The monoisotopic (exact) mass is 228 g/mol. The van der Waals surface area contributed by atoms with Crippen molar-refractivity contribution in [2.45, 2.75) is 59.3 Å². The van der Waals surface area contributed by atoms with Crippen molar-refractivity contribution in [3.63, 3.8) is 0 Å². The van der Waals surface area contributed by atoms with E-state index in [1.54, 1.807) is 0 Å². The highest BCUT2D eigenvalue weighted by Crippen LogP contribution is 2.11. The van der Waals surface area contributed by atoms with Crippen molar-refractivity contribution < 1.29 is 0 Å². The number of hydrogen-bond donors (Lipinski definition) is 2. The topological polar surface area (TPSA) is 38.0 Å². The van der Waals surface area contributed by atoms with Gasteiger partial charge in [-0.25, -0.2) is 0 Å². The van der Waals surface area contributed by atoms with E-state index >= 15 is 0 Å². The molecule has 0 aromatic carbocycles. The van der Waals surface area contributed by atoms with Crippen LogP contribution in [0.15, 0.2) is 0 Å². The highest BCUT2D eigenvalue weighted by molar-refractivity contribution is 4.62. The zero-order valence-electron chi connectivity index (χ0n) is 11.6. The van der Waals surface area contributed by atoms with Crippen molar-refractivity contribution in [2.24, 2.45) is 17.6 Å². The minimum Gasteiger partial charge on any atom is -0.330 e. The molecule has 0 heterocycles. The second-order valence-corrected chi connectivity index (χ2v) is 5.10. The van der Waals surface area contributed by atoms with Crippen molar-refractivity contribution in [2.75, 3.05) is 19.6 Å². The number of unbranched alkanes of at least 4 members (excludes halogenated alkanes) is 1.